The molecule has 1 amide bonds. The predicted molar refractivity (Wildman–Crippen MR) is 94.0 cm³/mol. The fourth-order valence-electron chi connectivity index (χ4n) is 3.24. The van der Waals surface area contributed by atoms with Crippen molar-refractivity contribution in [3.05, 3.63) is 60.4 Å². The van der Waals surface area contributed by atoms with Crippen molar-refractivity contribution in [2.24, 2.45) is 0 Å². The average molecular weight is 336 g/mol. The Balaban J connectivity index is 1.40. The van der Waals surface area contributed by atoms with Crippen LogP contribution in [-0.2, 0) is 6.54 Å². The molecule has 1 saturated heterocycles. The minimum atomic E-state index is -0.0429. The largest absolute Gasteiger partial charge is 0.460 e. The molecule has 0 spiro atoms. The summed E-state index contributed by atoms with van der Waals surface area (Å²) in [6, 6.07) is 10.2. The van der Waals surface area contributed by atoms with E-state index in [0.29, 0.717) is 12.2 Å². The number of benzene rings is 1. The van der Waals surface area contributed by atoms with Gasteiger partial charge in [0.05, 0.1) is 12.7 Å². The second-order valence-corrected chi connectivity index (χ2v) is 6.26. The van der Waals surface area contributed by atoms with Crippen LogP contribution in [0.25, 0.3) is 11.0 Å². The zero-order valence-corrected chi connectivity index (χ0v) is 14.0. The maximum atomic E-state index is 12.5. The summed E-state index contributed by atoms with van der Waals surface area (Å²) in [4.78, 5) is 24.8. The minimum Gasteiger partial charge on any atom is -0.460 e. The summed E-state index contributed by atoms with van der Waals surface area (Å²) in [6.07, 6.45) is 5.60. The zero-order chi connectivity index (χ0) is 17.1. The molecule has 6 nitrogen and oxygen atoms in total. The number of para-hydroxylation sites is 1. The van der Waals surface area contributed by atoms with E-state index in [1.54, 1.807) is 12.4 Å². The Labute approximate surface area is 146 Å². The van der Waals surface area contributed by atoms with Gasteiger partial charge in [0.1, 0.15) is 17.0 Å². The van der Waals surface area contributed by atoms with E-state index in [2.05, 4.69) is 27.0 Å². The third kappa shape index (κ3) is 3.53. The Hall–Kier alpha value is -2.73. The van der Waals surface area contributed by atoms with Gasteiger partial charge >= 0.3 is 0 Å². The zero-order valence-electron chi connectivity index (χ0n) is 14.0. The fraction of sp³-hybridized carbons (Fsp3) is 0.316. The van der Waals surface area contributed by atoms with Crippen molar-refractivity contribution in [1.29, 1.82) is 0 Å². The number of carbonyl (C=O) groups excluding carboxylic acids is 1. The van der Waals surface area contributed by atoms with Crippen molar-refractivity contribution in [1.82, 2.24) is 19.8 Å². The SMILES string of the molecule is O=C(c1cnccn1)N1CCCN(Cc2cc3ccccc3o2)CC1. The lowest BCUT2D eigenvalue weighted by molar-refractivity contribution is 0.0754. The van der Waals surface area contributed by atoms with Crippen LogP contribution in [0.5, 0.6) is 0 Å². The molecule has 0 N–H and O–H groups in total. The third-order valence-electron chi connectivity index (χ3n) is 4.51. The smallest absolute Gasteiger partial charge is 0.274 e. The highest BCUT2D eigenvalue weighted by Gasteiger charge is 2.21. The number of fused-ring (bicyclic) bond motifs is 1. The number of nitrogens with zero attached hydrogens (tertiary/aromatic N) is 4. The highest BCUT2D eigenvalue weighted by molar-refractivity contribution is 5.92. The normalized spacial score (nSPS) is 16.1. The summed E-state index contributed by atoms with van der Waals surface area (Å²) in [7, 11) is 0. The second-order valence-electron chi connectivity index (χ2n) is 6.26. The maximum Gasteiger partial charge on any atom is 0.274 e. The van der Waals surface area contributed by atoms with Gasteiger partial charge in [-0.05, 0) is 18.6 Å². The lowest BCUT2D eigenvalue weighted by Crippen LogP contribution is -2.35. The van der Waals surface area contributed by atoms with Gasteiger partial charge in [-0.1, -0.05) is 18.2 Å². The number of carbonyl (C=O) groups is 1. The molecule has 0 bridgehead atoms. The number of furan rings is 1. The van der Waals surface area contributed by atoms with E-state index in [9.17, 15) is 4.79 Å². The first-order valence-electron chi connectivity index (χ1n) is 8.55. The van der Waals surface area contributed by atoms with Gasteiger partial charge in [-0.3, -0.25) is 14.7 Å². The molecule has 1 fully saturated rings. The van der Waals surface area contributed by atoms with Crippen LogP contribution in [0.15, 0.2) is 53.3 Å². The number of amides is 1. The predicted octanol–water partition coefficient (Wildman–Crippen LogP) is 2.57. The van der Waals surface area contributed by atoms with Crippen molar-refractivity contribution in [2.75, 3.05) is 26.2 Å². The van der Waals surface area contributed by atoms with E-state index in [-0.39, 0.29) is 5.91 Å². The van der Waals surface area contributed by atoms with Crippen molar-refractivity contribution in [2.45, 2.75) is 13.0 Å². The fourth-order valence-corrected chi connectivity index (χ4v) is 3.24. The maximum absolute atomic E-state index is 12.5. The van der Waals surface area contributed by atoms with Gasteiger partial charge in [-0.2, -0.15) is 0 Å². The summed E-state index contributed by atoms with van der Waals surface area (Å²) < 4.78 is 5.91. The van der Waals surface area contributed by atoms with Crippen LogP contribution in [0.4, 0.5) is 0 Å². The van der Waals surface area contributed by atoms with Gasteiger partial charge in [0, 0.05) is 44.0 Å². The average Bonchev–Trinajstić information content (AvgIpc) is 2.92. The molecule has 0 aliphatic carbocycles. The van der Waals surface area contributed by atoms with Crippen LogP contribution >= 0.6 is 0 Å². The van der Waals surface area contributed by atoms with Crippen LogP contribution in [0.1, 0.15) is 22.7 Å². The summed E-state index contributed by atoms with van der Waals surface area (Å²) in [5, 5.41) is 1.13. The highest BCUT2D eigenvalue weighted by Crippen LogP contribution is 2.20. The topological polar surface area (TPSA) is 62.5 Å². The molecule has 25 heavy (non-hydrogen) atoms. The van der Waals surface area contributed by atoms with Crippen molar-refractivity contribution < 1.29 is 9.21 Å². The minimum absolute atomic E-state index is 0.0429. The number of aromatic nitrogens is 2. The van der Waals surface area contributed by atoms with Gasteiger partial charge < -0.3 is 9.32 Å². The van der Waals surface area contributed by atoms with Gasteiger partial charge in [0.15, 0.2) is 0 Å². The van der Waals surface area contributed by atoms with E-state index >= 15 is 0 Å². The molecule has 3 heterocycles. The van der Waals surface area contributed by atoms with Crippen LogP contribution in [0.3, 0.4) is 0 Å². The summed E-state index contributed by atoms with van der Waals surface area (Å²) in [6.45, 7) is 3.97. The highest BCUT2D eigenvalue weighted by atomic mass is 16.3. The van der Waals surface area contributed by atoms with Crippen molar-refractivity contribution in [3.8, 4) is 0 Å². The number of rotatable bonds is 3. The molecular weight excluding hydrogens is 316 g/mol. The molecule has 2 aromatic heterocycles. The molecule has 1 aliphatic heterocycles. The summed E-state index contributed by atoms with van der Waals surface area (Å²) >= 11 is 0. The lowest BCUT2D eigenvalue weighted by atomic mass is 10.2. The Kier molecular flexibility index (Phi) is 4.43. The Morgan fingerprint density at radius 3 is 2.88 bits per heavy atom. The molecule has 4 rings (SSSR count). The molecule has 0 atom stereocenters. The van der Waals surface area contributed by atoms with Crippen LogP contribution in [0.2, 0.25) is 0 Å². The number of hydrogen-bond donors (Lipinski definition) is 0. The van der Waals surface area contributed by atoms with Gasteiger partial charge in [-0.25, -0.2) is 4.98 Å². The van der Waals surface area contributed by atoms with Crippen LogP contribution < -0.4 is 0 Å². The molecule has 0 saturated carbocycles. The lowest BCUT2D eigenvalue weighted by Gasteiger charge is -2.21. The van der Waals surface area contributed by atoms with Crippen LogP contribution in [0, 0.1) is 0 Å². The standard InChI is InChI=1S/C19H20N4O2/c24-19(17-13-20-6-7-21-17)23-9-3-8-22(10-11-23)14-16-12-15-4-1-2-5-18(15)25-16/h1-2,4-7,12-13H,3,8-11,14H2. The molecular formula is C19H20N4O2. The first kappa shape index (κ1) is 15.8. The van der Waals surface area contributed by atoms with Gasteiger partial charge in [0.25, 0.3) is 5.91 Å². The van der Waals surface area contributed by atoms with Gasteiger partial charge in [0.2, 0.25) is 0 Å². The molecule has 0 unspecified atom stereocenters. The summed E-state index contributed by atoms with van der Waals surface area (Å²) in [5.41, 5.74) is 1.33. The molecule has 3 aromatic rings. The van der Waals surface area contributed by atoms with E-state index in [0.717, 1.165) is 49.3 Å². The van der Waals surface area contributed by atoms with E-state index in [1.165, 1.54) is 6.20 Å². The molecule has 128 valence electrons. The molecule has 6 heteroatoms. The third-order valence-corrected chi connectivity index (χ3v) is 4.51. The van der Waals surface area contributed by atoms with E-state index in [4.69, 9.17) is 4.42 Å². The first-order valence-corrected chi connectivity index (χ1v) is 8.55. The molecule has 0 radical (unpaired) electrons. The monoisotopic (exact) mass is 336 g/mol. The molecule has 1 aliphatic rings. The molecule has 1 aromatic carbocycles. The van der Waals surface area contributed by atoms with Crippen LogP contribution in [-0.4, -0.2) is 51.9 Å². The Morgan fingerprint density at radius 1 is 1.12 bits per heavy atom. The Bertz CT molecular complexity index is 829. The van der Waals surface area contributed by atoms with Crippen molar-refractivity contribution in [3.63, 3.8) is 0 Å². The number of hydrogen-bond acceptors (Lipinski definition) is 5. The van der Waals surface area contributed by atoms with E-state index < -0.39 is 0 Å². The second kappa shape index (κ2) is 7.03. The van der Waals surface area contributed by atoms with E-state index in [1.807, 2.05) is 23.1 Å². The van der Waals surface area contributed by atoms with Crippen molar-refractivity contribution >= 4 is 16.9 Å². The van der Waals surface area contributed by atoms with Gasteiger partial charge in [-0.15, -0.1) is 0 Å². The summed E-state index contributed by atoms with van der Waals surface area (Å²) in [5.74, 6) is 0.925. The quantitative estimate of drug-likeness (QED) is 0.736. The first-order chi connectivity index (χ1) is 12.3. The Morgan fingerprint density at radius 2 is 2.04 bits per heavy atom.